The van der Waals surface area contributed by atoms with Gasteiger partial charge in [0.2, 0.25) is 5.91 Å². The lowest BCUT2D eigenvalue weighted by atomic mass is 10.2. The molecule has 0 aliphatic heterocycles. The number of hydrogen-bond acceptors (Lipinski definition) is 2. The molecule has 0 fully saturated rings. The van der Waals surface area contributed by atoms with E-state index in [0.717, 1.165) is 11.3 Å². The van der Waals surface area contributed by atoms with Crippen molar-refractivity contribution in [3.63, 3.8) is 0 Å². The van der Waals surface area contributed by atoms with Crippen LogP contribution in [0.15, 0.2) is 23.2 Å². The molecule has 1 rings (SSSR count). The Hall–Kier alpha value is -1.02. The molecule has 0 radical (unpaired) electrons. The van der Waals surface area contributed by atoms with E-state index < -0.39 is 0 Å². The zero-order chi connectivity index (χ0) is 13.5. The molecule has 0 unspecified atom stereocenters. The van der Waals surface area contributed by atoms with Crippen LogP contribution in [0.4, 0.5) is 5.69 Å². The monoisotopic (exact) mass is 396 g/mol. The third-order valence-electron chi connectivity index (χ3n) is 2.44. The molecule has 1 aromatic rings. The largest absolute Gasteiger partial charge is 0.370 e. The van der Waals surface area contributed by atoms with Gasteiger partial charge in [0.1, 0.15) is 0 Å². The van der Waals surface area contributed by atoms with Crippen molar-refractivity contribution in [1.29, 1.82) is 0 Å². The Morgan fingerprint density at radius 3 is 2.79 bits per heavy atom. The second-order valence-electron chi connectivity index (χ2n) is 3.75. The summed E-state index contributed by atoms with van der Waals surface area (Å²) in [7, 11) is 1.58. The van der Waals surface area contributed by atoms with Gasteiger partial charge in [0.25, 0.3) is 0 Å². The van der Waals surface area contributed by atoms with Crippen molar-refractivity contribution in [2.24, 2.45) is 10.7 Å². The highest BCUT2D eigenvalue weighted by Gasteiger charge is 2.06. The number of amides is 1. The van der Waals surface area contributed by atoms with Crippen molar-refractivity contribution in [3.05, 3.63) is 28.8 Å². The molecule has 1 aromatic carbocycles. The van der Waals surface area contributed by atoms with Crippen LogP contribution in [0.2, 0.25) is 5.02 Å². The molecule has 0 bridgehead atoms. The van der Waals surface area contributed by atoms with Gasteiger partial charge in [-0.2, -0.15) is 0 Å². The van der Waals surface area contributed by atoms with Gasteiger partial charge in [0.05, 0.1) is 0 Å². The number of guanidine groups is 1. The van der Waals surface area contributed by atoms with Gasteiger partial charge in [0.15, 0.2) is 5.96 Å². The zero-order valence-electron chi connectivity index (χ0n) is 10.9. The second kappa shape index (κ2) is 8.98. The van der Waals surface area contributed by atoms with E-state index in [1.807, 2.05) is 13.0 Å². The molecule has 19 heavy (non-hydrogen) atoms. The van der Waals surface area contributed by atoms with Crippen LogP contribution in [0.1, 0.15) is 12.0 Å². The van der Waals surface area contributed by atoms with Crippen LogP contribution in [-0.2, 0) is 4.79 Å². The van der Waals surface area contributed by atoms with E-state index in [1.54, 1.807) is 19.2 Å². The minimum Gasteiger partial charge on any atom is -0.370 e. The molecule has 5 nitrogen and oxygen atoms in total. The lowest BCUT2D eigenvalue weighted by Crippen LogP contribution is -2.33. The third kappa shape index (κ3) is 6.11. The first-order valence-corrected chi connectivity index (χ1v) is 5.93. The summed E-state index contributed by atoms with van der Waals surface area (Å²) in [6.07, 6.45) is 0.308. The normalized spacial score (nSPS) is 10.6. The third-order valence-corrected chi connectivity index (χ3v) is 2.85. The summed E-state index contributed by atoms with van der Waals surface area (Å²) in [5.41, 5.74) is 7.03. The molecule has 0 saturated carbocycles. The predicted molar refractivity (Wildman–Crippen MR) is 90.4 cm³/mol. The van der Waals surface area contributed by atoms with E-state index >= 15 is 0 Å². The van der Waals surface area contributed by atoms with E-state index in [4.69, 9.17) is 17.3 Å². The lowest BCUT2D eigenvalue weighted by molar-refractivity contribution is -0.116. The number of hydrogen-bond donors (Lipinski definition) is 3. The van der Waals surface area contributed by atoms with Crippen molar-refractivity contribution in [3.8, 4) is 0 Å². The molecule has 0 aliphatic rings. The van der Waals surface area contributed by atoms with Crippen LogP contribution in [0.25, 0.3) is 0 Å². The fraction of sp³-hybridized carbons (Fsp3) is 0.333. The van der Waals surface area contributed by atoms with E-state index in [1.165, 1.54) is 0 Å². The molecular formula is C12H18ClIN4O. The van der Waals surface area contributed by atoms with Gasteiger partial charge in [-0.25, -0.2) is 0 Å². The molecule has 7 heteroatoms. The lowest BCUT2D eigenvalue weighted by Gasteiger charge is -2.10. The summed E-state index contributed by atoms with van der Waals surface area (Å²) < 4.78 is 0. The summed E-state index contributed by atoms with van der Waals surface area (Å²) in [4.78, 5) is 15.4. The van der Waals surface area contributed by atoms with Crippen molar-refractivity contribution < 1.29 is 4.79 Å². The zero-order valence-corrected chi connectivity index (χ0v) is 14.0. The number of nitrogens with zero attached hydrogens (tertiary/aromatic N) is 1. The van der Waals surface area contributed by atoms with Crippen LogP contribution in [0, 0.1) is 6.92 Å². The Labute approximate surface area is 135 Å². The number of anilines is 1. The number of halogens is 2. The van der Waals surface area contributed by atoms with Gasteiger partial charge in [-0.05, 0) is 24.6 Å². The summed E-state index contributed by atoms with van der Waals surface area (Å²) in [5, 5.41) is 6.25. The van der Waals surface area contributed by atoms with Gasteiger partial charge < -0.3 is 16.4 Å². The summed E-state index contributed by atoms with van der Waals surface area (Å²) in [6, 6.07) is 5.39. The number of benzene rings is 1. The first-order valence-electron chi connectivity index (χ1n) is 5.55. The molecule has 0 saturated heterocycles. The van der Waals surface area contributed by atoms with Gasteiger partial charge >= 0.3 is 0 Å². The van der Waals surface area contributed by atoms with Gasteiger partial charge in [-0.3, -0.25) is 9.79 Å². The molecule has 106 valence electrons. The Kier molecular flexibility index (Phi) is 8.49. The first-order chi connectivity index (χ1) is 8.54. The highest BCUT2D eigenvalue weighted by atomic mass is 127. The Balaban J connectivity index is 0.00000324. The molecule has 0 heterocycles. The van der Waals surface area contributed by atoms with Crippen molar-refractivity contribution >= 4 is 53.1 Å². The number of nitrogens with one attached hydrogen (secondary N) is 2. The van der Waals surface area contributed by atoms with E-state index in [2.05, 4.69) is 15.6 Å². The van der Waals surface area contributed by atoms with Crippen molar-refractivity contribution in [1.82, 2.24) is 5.32 Å². The van der Waals surface area contributed by atoms with Crippen LogP contribution >= 0.6 is 35.6 Å². The topological polar surface area (TPSA) is 79.5 Å². The molecule has 0 aliphatic carbocycles. The first kappa shape index (κ1) is 18.0. The number of carbonyl (C=O) groups is 1. The van der Waals surface area contributed by atoms with Crippen LogP contribution < -0.4 is 16.4 Å². The van der Waals surface area contributed by atoms with Gasteiger partial charge in [-0.15, -0.1) is 24.0 Å². The Morgan fingerprint density at radius 2 is 2.16 bits per heavy atom. The van der Waals surface area contributed by atoms with E-state index in [0.29, 0.717) is 23.9 Å². The molecule has 0 aromatic heterocycles. The number of nitrogens with two attached hydrogens (primary N) is 1. The number of carbonyl (C=O) groups excluding carboxylic acids is 1. The molecule has 1 amide bonds. The summed E-state index contributed by atoms with van der Waals surface area (Å²) in [5.74, 6) is 0.221. The van der Waals surface area contributed by atoms with Crippen molar-refractivity contribution in [2.45, 2.75) is 13.3 Å². The van der Waals surface area contributed by atoms with E-state index in [-0.39, 0.29) is 29.9 Å². The Morgan fingerprint density at radius 1 is 1.47 bits per heavy atom. The maximum Gasteiger partial charge on any atom is 0.226 e. The minimum atomic E-state index is -0.100. The molecule has 0 spiro atoms. The predicted octanol–water partition coefficient (Wildman–Crippen LogP) is 2.13. The molecular weight excluding hydrogens is 379 g/mol. The van der Waals surface area contributed by atoms with Crippen molar-refractivity contribution in [2.75, 3.05) is 18.9 Å². The van der Waals surface area contributed by atoms with Gasteiger partial charge in [-0.1, -0.05) is 17.7 Å². The fourth-order valence-electron chi connectivity index (χ4n) is 1.34. The quantitative estimate of drug-likeness (QED) is 0.414. The Bertz CT molecular complexity index is 465. The molecule has 4 N–H and O–H groups in total. The maximum absolute atomic E-state index is 11.7. The fourth-order valence-corrected chi connectivity index (χ4v) is 1.51. The summed E-state index contributed by atoms with van der Waals surface area (Å²) >= 11 is 5.97. The maximum atomic E-state index is 11.7. The number of aliphatic imine (C=N–C) groups is 1. The minimum absolute atomic E-state index is 0. The highest BCUT2D eigenvalue weighted by molar-refractivity contribution is 14.0. The highest BCUT2D eigenvalue weighted by Crippen LogP contribution is 2.22. The standard InChI is InChI=1S/C12H17ClN4O.HI/c1-8-9(13)4-3-5-10(8)17-11(18)6-7-16-12(14)15-2;/h3-5H,6-7H2,1-2H3,(H,17,18)(H3,14,15,16);1H. The van der Waals surface area contributed by atoms with Crippen LogP contribution in [-0.4, -0.2) is 25.5 Å². The summed E-state index contributed by atoms with van der Waals surface area (Å²) in [6.45, 7) is 2.30. The second-order valence-corrected chi connectivity index (χ2v) is 4.15. The average Bonchev–Trinajstić information content (AvgIpc) is 2.34. The van der Waals surface area contributed by atoms with Crippen LogP contribution in [0.3, 0.4) is 0 Å². The smallest absolute Gasteiger partial charge is 0.226 e. The van der Waals surface area contributed by atoms with Crippen LogP contribution in [0.5, 0.6) is 0 Å². The number of rotatable bonds is 4. The van der Waals surface area contributed by atoms with E-state index in [9.17, 15) is 4.79 Å². The molecule has 0 atom stereocenters. The van der Waals surface area contributed by atoms with Gasteiger partial charge in [0, 0.05) is 30.7 Å². The SMILES string of the molecule is CN=C(N)NCCC(=O)Nc1cccc(Cl)c1C.I. The average molecular weight is 397 g/mol.